The summed E-state index contributed by atoms with van der Waals surface area (Å²) in [5.74, 6) is -0.218. The summed E-state index contributed by atoms with van der Waals surface area (Å²) < 4.78 is 2.17. The topological polar surface area (TPSA) is 46.4 Å². The van der Waals surface area contributed by atoms with Crippen LogP contribution in [0.25, 0.3) is 16.5 Å². The molecule has 0 saturated carbocycles. The number of carbonyl (C=O) groups is 1. The van der Waals surface area contributed by atoms with Gasteiger partial charge in [0, 0.05) is 28.2 Å². The molecule has 4 heteroatoms. The van der Waals surface area contributed by atoms with Crippen LogP contribution in [0.3, 0.4) is 0 Å². The number of carbonyl (C=O) groups excluding carboxylic acids is 1. The van der Waals surface area contributed by atoms with Crippen molar-refractivity contribution in [2.75, 3.05) is 0 Å². The lowest BCUT2D eigenvalue weighted by atomic mass is 10.0. The van der Waals surface area contributed by atoms with Crippen molar-refractivity contribution < 1.29 is 4.79 Å². The van der Waals surface area contributed by atoms with E-state index in [1.807, 2.05) is 67.6 Å². The van der Waals surface area contributed by atoms with Crippen LogP contribution in [0, 0.1) is 13.8 Å². The molecule has 0 saturated heterocycles. The lowest BCUT2D eigenvalue weighted by molar-refractivity contribution is 0.0957. The van der Waals surface area contributed by atoms with Gasteiger partial charge < -0.3 is 4.57 Å². The van der Waals surface area contributed by atoms with E-state index < -0.39 is 0 Å². The highest BCUT2D eigenvalue weighted by Crippen LogP contribution is 2.20. The van der Waals surface area contributed by atoms with E-state index in [4.69, 9.17) is 0 Å². The van der Waals surface area contributed by atoms with E-state index in [0.717, 1.165) is 33.4 Å². The number of aryl methyl sites for hydroxylation is 1. The number of fused-ring (bicyclic) bond motifs is 1. The summed E-state index contributed by atoms with van der Waals surface area (Å²) in [4.78, 5) is 12.6. The number of para-hydroxylation sites is 1. The Bertz CT molecular complexity index is 1170. The molecule has 1 N–H and O–H groups in total. The smallest absolute Gasteiger partial charge is 0.271 e. The van der Waals surface area contributed by atoms with Crippen LogP contribution in [-0.4, -0.2) is 16.7 Å². The molecular formula is C24H21N3O. The maximum Gasteiger partial charge on any atom is 0.271 e. The number of hydrogen-bond donors (Lipinski definition) is 1. The Morgan fingerprint density at radius 3 is 2.46 bits per heavy atom. The van der Waals surface area contributed by atoms with Crippen LogP contribution in [0.4, 0.5) is 0 Å². The number of rotatable bonds is 4. The number of hydrazone groups is 1. The number of amides is 1. The third-order valence-corrected chi connectivity index (χ3v) is 4.89. The zero-order valence-electron chi connectivity index (χ0n) is 15.9. The minimum Gasteiger partial charge on any atom is -0.318 e. The molecule has 0 radical (unpaired) electrons. The predicted molar refractivity (Wildman–Crippen MR) is 114 cm³/mol. The first-order valence-corrected chi connectivity index (χ1v) is 9.20. The van der Waals surface area contributed by atoms with Crippen molar-refractivity contribution in [1.82, 2.24) is 9.99 Å². The normalized spacial score (nSPS) is 11.2. The average molecular weight is 367 g/mol. The Morgan fingerprint density at radius 1 is 0.929 bits per heavy atom. The molecule has 4 rings (SSSR count). The highest BCUT2D eigenvalue weighted by atomic mass is 16.2. The lowest BCUT2D eigenvalue weighted by Crippen LogP contribution is -2.18. The minimum atomic E-state index is -0.218. The summed E-state index contributed by atoms with van der Waals surface area (Å²) in [7, 11) is 0. The van der Waals surface area contributed by atoms with Crippen molar-refractivity contribution in [3.05, 3.63) is 101 Å². The molecule has 0 aliphatic carbocycles. The van der Waals surface area contributed by atoms with Crippen molar-refractivity contribution >= 4 is 22.9 Å². The molecule has 1 amide bonds. The molecule has 1 aromatic heterocycles. The quantitative estimate of drug-likeness (QED) is 0.400. The summed E-state index contributed by atoms with van der Waals surface area (Å²) in [6.45, 7) is 4.11. The number of nitrogens with one attached hydrogen (secondary N) is 1. The summed E-state index contributed by atoms with van der Waals surface area (Å²) in [5, 5.41) is 6.15. The van der Waals surface area contributed by atoms with Crippen LogP contribution >= 0.6 is 0 Å². The van der Waals surface area contributed by atoms with Gasteiger partial charge in [0.25, 0.3) is 5.91 Å². The molecule has 138 valence electrons. The Morgan fingerprint density at radius 2 is 1.64 bits per heavy atom. The monoisotopic (exact) mass is 367 g/mol. The maximum absolute atomic E-state index is 12.6. The van der Waals surface area contributed by atoms with Crippen LogP contribution in [-0.2, 0) is 0 Å². The molecule has 0 atom stereocenters. The maximum atomic E-state index is 12.6. The van der Waals surface area contributed by atoms with Crippen LogP contribution in [0.15, 0.2) is 84.0 Å². The molecule has 4 nitrogen and oxygen atoms in total. The molecule has 0 bridgehead atoms. The third-order valence-electron chi connectivity index (χ3n) is 4.89. The molecule has 3 aromatic carbocycles. The fourth-order valence-corrected chi connectivity index (χ4v) is 3.54. The van der Waals surface area contributed by atoms with Crippen LogP contribution in [0.5, 0.6) is 0 Å². The van der Waals surface area contributed by atoms with Crippen LogP contribution in [0.2, 0.25) is 0 Å². The van der Waals surface area contributed by atoms with Crippen molar-refractivity contribution in [1.29, 1.82) is 0 Å². The van der Waals surface area contributed by atoms with E-state index in [-0.39, 0.29) is 5.91 Å². The Balaban J connectivity index is 1.56. The van der Waals surface area contributed by atoms with Crippen molar-refractivity contribution in [3.63, 3.8) is 0 Å². The molecule has 0 spiro atoms. The number of aromatic nitrogens is 1. The molecular weight excluding hydrogens is 346 g/mol. The first-order valence-electron chi connectivity index (χ1n) is 9.20. The zero-order chi connectivity index (χ0) is 19.5. The van der Waals surface area contributed by atoms with Gasteiger partial charge in [0.05, 0.1) is 6.21 Å². The molecule has 0 unspecified atom stereocenters. The van der Waals surface area contributed by atoms with Gasteiger partial charge in [-0.1, -0.05) is 54.6 Å². The first kappa shape index (κ1) is 17.7. The van der Waals surface area contributed by atoms with E-state index in [0.29, 0.717) is 5.56 Å². The van der Waals surface area contributed by atoms with E-state index in [9.17, 15) is 4.79 Å². The summed E-state index contributed by atoms with van der Waals surface area (Å²) in [6, 6.07) is 25.8. The van der Waals surface area contributed by atoms with Gasteiger partial charge in [-0.3, -0.25) is 4.79 Å². The highest BCUT2D eigenvalue weighted by Gasteiger charge is 2.10. The number of benzene rings is 3. The van der Waals surface area contributed by atoms with Crippen LogP contribution < -0.4 is 5.43 Å². The fourth-order valence-electron chi connectivity index (χ4n) is 3.54. The van der Waals surface area contributed by atoms with Crippen molar-refractivity contribution in [2.24, 2.45) is 5.10 Å². The number of nitrogens with zero attached hydrogens (tertiary/aromatic N) is 2. The van der Waals surface area contributed by atoms with Gasteiger partial charge in [0.15, 0.2) is 0 Å². The second-order valence-electron chi connectivity index (χ2n) is 6.72. The first-order chi connectivity index (χ1) is 13.6. The Kier molecular flexibility index (Phi) is 4.77. The number of hydrogen-bond acceptors (Lipinski definition) is 2. The van der Waals surface area contributed by atoms with Gasteiger partial charge in [-0.25, -0.2) is 5.43 Å². The van der Waals surface area contributed by atoms with Crippen molar-refractivity contribution in [3.8, 4) is 5.69 Å². The summed E-state index contributed by atoms with van der Waals surface area (Å²) >= 11 is 0. The van der Waals surface area contributed by atoms with E-state index >= 15 is 0 Å². The summed E-state index contributed by atoms with van der Waals surface area (Å²) in [6.07, 6.45) is 1.70. The molecule has 0 aliphatic heterocycles. The summed E-state index contributed by atoms with van der Waals surface area (Å²) in [5.41, 5.74) is 7.54. The Hall–Kier alpha value is -3.66. The highest BCUT2D eigenvalue weighted by molar-refractivity contribution is 6.07. The van der Waals surface area contributed by atoms with Gasteiger partial charge in [0.1, 0.15) is 0 Å². The van der Waals surface area contributed by atoms with E-state index in [2.05, 4.69) is 40.2 Å². The van der Waals surface area contributed by atoms with Gasteiger partial charge in [-0.15, -0.1) is 0 Å². The molecule has 1 heterocycles. The lowest BCUT2D eigenvalue weighted by Gasteiger charge is -2.09. The van der Waals surface area contributed by atoms with Gasteiger partial charge >= 0.3 is 0 Å². The molecule has 4 aromatic rings. The SMILES string of the molecule is Cc1cc(/C=N\NC(=O)c2cccc3ccccc23)c(C)n1-c1ccccc1. The minimum absolute atomic E-state index is 0.218. The van der Waals surface area contributed by atoms with Gasteiger partial charge in [0.2, 0.25) is 0 Å². The molecule has 0 fully saturated rings. The average Bonchev–Trinajstić information content (AvgIpc) is 3.01. The largest absolute Gasteiger partial charge is 0.318 e. The Labute approximate surface area is 164 Å². The fraction of sp³-hybridized carbons (Fsp3) is 0.0833. The second-order valence-corrected chi connectivity index (χ2v) is 6.72. The van der Waals surface area contributed by atoms with Crippen molar-refractivity contribution in [2.45, 2.75) is 13.8 Å². The third kappa shape index (κ3) is 3.32. The van der Waals surface area contributed by atoms with Gasteiger partial charge in [-0.05, 0) is 48.9 Å². The molecule has 28 heavy (non-hydrogen) atoms. The standard InChI is InChI=1S/C24H21N3O/c1-17-15-20(18(2)27(17)21-11-4-3-5-12-21)16-25-26-24(28)23-14-8-10-19-9-6-7-13-22(19)23/h3-16H,1-2H3,(H,26,28)/b25-16-. The van der Waals surface area contributed by atoms with E-state index in [1.54, 1.807) is 6.21 Å². The second kappa shape index (κ2) is 7.53. The molecule has 0 aliphatic rings. The van der Waals surface area contributed by atoms with Crippen LogP contribution in [0.1, 0.15) is 27.3 Å². The zero-order valence-corrected chi connectivity index (χ0v) is 15.9. The predicted octanol–water partition coefficient (Wildman–Crippen LogP) is 5.01. The van der Waals surface area contributed by atoms with Gasteiger partial charge in [-0.2, -0.15) is 5.10 Å². The van der Waals surface area contributed by atoms with E-state index in [1.165, 1.54) is 0 Å².